The molecule has 0 N–H and O–H groups in total. The maximum atomic E-state index is 13.4. The molecule has 0 aliphatic carbocycles. The van der Waals surface area contributed by atoms with Crippen LogP contribution in [0.3, 0.4) is 0 Å². The summed E-state index contributed by atoms with van der Waals surface area (Å²) in [6.45, 7) is 3.13. The average molecular weight is 389 g/mol. The molecule has 0 atom stereocenters. The Kier molecular flexibility index (Phi) is 5.72. The number of rotatable bonds is 6. The summed E-state index contributed by atoms with van der Waals surface area (Å²) < 4.78 is 21.2. The van der Waals surface area contributed by atoms with Crippen LogP contribution in [0.1, 0.15) is 17.3 Å². The van der Waals surface area contributed by atoms with Crippen molar-refractivity contribution in [1.82, 2.24) is 4.57 Å². The molecule has 0 bridgehead atoms. The standard InChI is InChI=1S/C18H16FN3O4S/c1-2-26-9-8-21-15-11-14(22(24)25)6-7-16(15)27-18(21)20-17(23)12-4-3-5-13(19)10-12/h3-7,10-11H,2,8-9H2,1H3. The average Bonchev–Trinajstić information content (AvgIpc) is 2.98. The van der Waals surface area contributed by atoms with Crippen LogP contribution in [0.5, 0.6) is 0 Å². The molecule has 0 aliphatic rings. The summed E-state index contributed by atoms with van der Waals surface area (Å²) in [5.74, 6) is -1.10. The molecular formula is C18H16FN3O4S. The Bertz CT molecular complexity index is 1070. The number of fused-ring (bicyclic) bond motifs is 1. The molecule has 3 aromatic rings. The summed E-state index contributed by atoms with van der Waals surface area (Å²) >= 11 is 1.23. The summed E-state index contributed by atoms with van der Waals surface area (Å²) in [7, 11) is 0. The van der Waals surface area contributed by atoms with Gasteiger partial charge in [0, 0.05) is 30.8 Å². The highest BCUT2D eigenvalue weighted by Gasteiger charge is 2.13. The van der Waals surface area contributed by atoms with Gasteiger partial charge in [-0.15, -0.1) is 0 Å². The second kappa shape index (κ2) is 8.19. The van der Waals surface area contributed by atoms with Crippen LogP contribution >= 0.6 is 11.3 Å². The summed E-state index contributed by atoms with van der Waals surface area (Å²) in [5, 5.41) is 11.1. The highest BCUT2D eigenvalue weighted by Crippen LogP contribution is 2.23. The lowest BCUT2D eigenvalue weighted by molar-refractivity contribution is -0.384. The topological polar surface area (TPSA) is 86.7 Å². The van der Waals surface area contributed by atoms with Crippen LogP contribution in [0, 0.1) is 15.9 Å². The van der Waals surface area contributed by atoms with Crippen LogP contribution in [0.4, 0.5) is 10.1 Å². The molecule has 0 fully saturated rings. The van der Waals surface area contributed by atoms with Crippen molar-refractivity contribution in [2.45, 2.75) is 13.5 Å². The lowest BCUT2D eigenvalue weighted by atomic mass is 10.2. The van der Waals surface area contributed by atoms with E-state index in [1.165, 1.54) is 41.7 Å². The number of hydrogen-bond acceptors (Lipinski definition) is 5. The maximum absolute atomic E-state index is 13.4. The van der Waals surface area contributed by atoms with Gasteiger partial charge in [-0.05, 0) is 31.2 Å². The van der Waals surface area contributed by atoms with Crippen molar-refractivity contribution < 1.29 is 18.8 Å². The number of ether oxygens (including phenoxy) is 1. The van der Waals surface area contributed by atoms with E-state index in [0.717, 1.165) is 10.8 Å². The molecule has 0 spiro atoms. The van der Waals surface area contributed by atoms with Crippen molar-refractivity contribution in [2.75, 3.05) is 13.2 Å². The zero-order valence-corrected chi connectivity index (χ0v) is 15.2. The van der Waals surface area contributed by atoms with Gasteiger partial charge in [0.05, 0.1) is 21.7 Å². The molecule has 3 rings (SSSR count). The van der Waals surface area contributed by atoms with E-state index in [9.17, 15) is 19.3 Å². The number of thiazole rings is 1. The van der Waals surface area contributed by atoms with Gasteiger partial charge in [0.25, 0.3) is 11.6 Å². The number of halogens is 1. The molecule has 27 heavy (non-hydrogen) atoms. The van der Waals surface area contributed by atoms with Crippen LogP contribution < -0.4 is 4.80 Å². The van der Waals surface area contributed by atoms with E-state index in [4.69, 9.17) is 4.74 Å². The molecule has 1 heterocycles. The van der Waals surface area contributed by atoms with Gasteiger partial charge in [0.15, 0.2) is 4.80 Å². The Hall–Kier alpha value is -2.91. The Morgan fingerprint density at radius 2 is 2.15 bits per heavy atom. The van der Waals surface area contributed by atoms with Crippen LogP contribution in [0.2, 0.25) is 0 Å². The molecule has 0 unspecified atom stereocenters. The molecule has 0 aliphatic heterocycles. The summed E-state index contributed by atoms with van der Waals surface area (Å²) in [4.78, 5) is 27.5. The first-order valence-corrected chi connectivity index (χ1v) is 9.01. The van der Waals surface area contributed by atoms with Crippen molar-refractivity contribution >= 4 is 33.1 Å². The van der Waals surface area contributed by atoms with Crippen molar-refractivity contribution in [2.24, 2.45) is 4.99 Å². The first-order chi connectivity index (χ1) is 13.0. The summed E-state index contributed by atoms with van der Waals surface area (Å²) in [6.07, 6.45) is 0. The first kappa shape index (κ1) is 18.9. The van der Waals surface area contributed by atoms with Crippen LogP contribution in [-0.2, 0) is 11.3 Å². The fraction of sp³-hybridized carbons (Fsp3) is 0.222. The van der Waals surface area contributed by atoms with E-state index in [1.807, 2.05) is 6.92 Å². The molecule has 140 valence electrons. The van der Waals surface area contributed by atoms with Gasteiger partial charge in [-0.3, -0.25) is 14.9 Å². The second-order valence-electron chi connectivity index (χ2n) is 5.57. The lowest BCUT2D eigenvalue weighted by Crippen LogP contribution is -2.19. The minimum Gasteiger partial charge on any atom is -0.380 e. The normalized spacial score (nSPS) is 11.9. The molecule has 1 aromatic heterocycles. The molecule has 0 radical (unpaired) electrons. The van der Waals surface area contributed by atoms with Gasteiger partial charge in [-0.25, -0.2) is 4.39 Å². The minimum atomic E-state index is -0.583. The van der Waals surface area contributed by atoms with Gasteiger partial charge < -0.3 is 9.30 Å². The summed E-state index contributed by atoms with van der Waals surface area (Å²) in [6, 6.07) is 9.77. The molecular weight excluding hydrogens is 373 g/mol. The van der Waals surface area contributed by atoms with Gasteiger partial charge in [-0.1, -0.05) is 17.4 Å². The number of carbonyl (C=O) groups is 1. The van der Waals surface area contributed by atoms with Crippen molar-refractivity contribution in [3.63, 3.8) is 0 Å². The molecule has 1 amide bonds. The Morgan fingerprint density at radius 1 is 1.33 bits per heavy atom. The predicted molar refractivity (Wildman–Crippen MR) is 99.3 cm³/mol. The Morgan fingerprint density at radius 3 is 2.85 bits per heavy atom. The van der Waals surface area contributed by atoms with Crippen LogP contribution in [0.25, 0.3) is 10.2 Å². The zero-order chi connectivity index (χ0) is 19.4. The number of carbonyl (C=O) groups excluding carboxylic acids is 1. The van der Waals surface area contributed by atoms with E-state index in [0.29, 0.717) is 30.1 Å². The predicted octanol–water partition coefficient (Wildman–Crippen LogP) is 3.53. The molecule has 2 aromatic carbocycles. The molecule has 7 nitrogen and oxygen atoms in total. The van der Waals surface area contributed by atoms with E-state index in [-0.39, 0.29) is 11.3 Å². The second-order valence-corrected chi connectivity index (χ2v) is 6.58. The number of non-ortho nitro benzene ring substituents is 1. The maximum Gasteiger partial charge on any atom is 0.279 e. The third-order valence-corrected chi connectivity index (χ3v) is 4.87. The summed E-state index contributed by atoms with van der Waals surface area (Å²) in [5.41, 5.74) is 0.683. The van der Waals surface area contributed by atoms with Gasteiger partial charge >= 0.3 is 0 Å². The largest absolute Gasteiger partial charge is 0.380 e. The third-order valence-electron chi connectivity index (χ3n) is 3.81. The van der Waals surface area contributed by atoms with E-state index >= 15 is 0 Å². The third kappa shape index (κ3) is 4.26. The Balaban J connectivity index is 2.11. The number of nitrogens with zero attached hydrogens (tertiary/aromatic N) is 3. The van der Waals surface area contributed by atoms with E-state index < -0.39 is 16.6 Å². The van der Waals surface area contributed by atoms with Gasteiger partial charge in [0.2, 0.25) is 0 Å². The van der Waals surface area contributed by atoms with Crippen molar-refractivity contribution in [3.05, 3.63) is 68.8 Å². The molecule has 0 saturated heterocycles. The highest BCUT2D eigenvalue weighted by molar-refractivity contribution is 7.16. The van der Waals surface area contributed by atoms with Gasteiger partial charge in [0.1, 0.15) is 5.82 Å². The van der Waals surface area contributed by atoms with Gasteiger partial charge in [-0.2, -0.15) is 4.99 Å². The monoisotopic (exact) mass is 389 g/mol. The number of hydrogen-bond donors (Lipinski definition) is 0. The quantitative estimate of drug-likeness (QED) is 0.367. The number of benzene rings is 2. The SMILES string of the molecule is CCOCCn1c(=NC(=O)c2cccc(F)c2)sc2ccc([N+](=O)[O-])cc21. The van der Waals surface area contributed by atoms with E-state index in [2.05, 4.69) is 4.99 Å². The highest BCUT2D eigenvalue weighted by atomic mass is 32.1. The fourth-order valence-electron chi connectivity index (χ4n) is 2.55. The van der Waals surface area contributed by atoms with Crippen molar-refractivity contribution in [3.8, 4) is 0 Å². The van der Waals surface area contributed by atoms with Crippen LogP contribution in [0.15, 0.2) is 47.5 Å². The van der Waals surface area contributed by atoms with Crippen molar-refractivity contribution in [1.29, 1.82) is 0 Å². The smallest absolute Gasteiger partial charge is 0.279 e. The molecule has 9 heteroatoms. The zero-order valence-electron chi connectivity index (χ0n) is 14.4. The number of amides is 1. The first-order valence-electron chi connectivity index (χ1n) is 8.19. The minimum absolute atomic E-state index is 0.0477. The number of nitro groups is 1. The van der Waals surface area contributed by atoms with E-state index in [1.54, 1.807) is 10.6 Å². The number of aromatic nitrogens is 1. The van der Waals surface area contributed by atoms with Crippen LogP contribution in [-0.4, -0.2) is 28.6 Å². The molecule has 0 saturated carbocycles. The number of nitro benzene ring substituents is 1. The lowest BCUT2D eigenvalue weighted by Gasteiger charge is -2.05. The fourth-order valence-corrected chi connectivity index (χ4v) is 3.58. The Labute approximate surface area is 157 Å².